The third kappa shape index (κ3) is 6.86. The zero-order valence-corrected chi connectivity index (χ0v) is 13.9. The zero-order valence-electron chi connectivity index (χ0n) is 13.9. The number of methoxy groups -OCH3 is 3. The van der Waals surface area contributed by atoms with Crippen molar-refractivity contribution in [2.45, 2.75) is 13.3 Å². The van der Waals surface area contributed by atoms with Crippen molar-refractivity contribution < 1.29 is 38.8 Å². The normalized spacial score (nSPS) is 9.17. The summed E-state index contributed by atoms with van der Waals surface area (Å²) in [6, 6.07) is 3.73. The third-order valence-electron chi connectivity index (χ3n) is 2.74. The molecular weight excluding hydrogens is 322 g/mol. The minimum Gasteiger partial charge on any atom is -0.493 e. The summed E-state index contributed by atoms with van der Waals surface area (Å²) in [5.41, 5.74) is 0.962. The fourth-order valence-corrected chi connectivity index (χ4v) is 1.73. The molecule has 0 fully saturated rings. The van der Waals surface area contributed by atoms with Crippen LogP contribution in [-0.4, -0.2) is 55.9 Å². The molecule has 0 aliphatic carbocycles. The van der Waals surface area contributed by atoms with Gasteiger partial charge in [-0.3, -0.25) is 4.79 Å². The number of carboxylic acids is 2. The fourth-order valence-electron chi connectivity index (χ4n) is 1.73. The number of rotatable bonds is 6. The van der Waals surface area contributed by atoms with Crippen LogP contribution in [0.1, 0.15) is 12.5 Å². The molecular formula is C15H21NO8. The molecule has 1 rings (SSSR count). The van der Waals surface area contributed by atoms with Crippen molar-refractivity contribution in [3.63, 3.8) is 0 Å². The van der Waals surface area contributed by atoms with E-state index in [1.54, 1.807) is 21.3 Å². The van der Waals surface area contributed by atoms with E-state index in [4.69, 9.17) is 34.0 Å². The van der Waals surface area contributed by atoms with Gasteiger partial charge >= 0.3 is 11.9 Å². The Bertz CT molecular complexity index is 573. The molecule has 134 valence electrons. The number of ether oxygens (including phenoxy) is 3. The summed E-state index contributed by atoms with van der Waals surface area (Å²) in [4.78, 5) is 29.0. The maximum absolute atomic E-state index is 10.8. The van der Waals surface area contributed by atoms with Gasteiger partial charge in [-0.25, -0.2) is 9.59 Å². The maximum atomic E-state index is 10.8. The largest absolute Gasteiger partial charge is 0.493 e. The van der Waals surface area contributed by atoms with Gasteiger partial charge in [-0.05, 0) is 12.5 Å². The second kappa shape index (κ2) is 10.7. The van der Waals surface area contributed by atoms with Crippen LogP contribution in [0.25, 0.3) is 0 Å². The lowest BCUT2D eigenvalue weighted by molar-refractivity contribution is -0.159. The fraction of sp³-hybridized carbons (Fsp3) is 0.400. The van der Waals surface area contributed by atoms with Gasteiger partial charge in [0.05, 0.1) is 21.3 Å². The van der Waals surface area contributed by atoms with E-state index < -0.39 is 11.9 Å². The van der Waals surface area contributed by atoms with Gasteiger partial charge in [0.15, 0.2) is 11.5 Å². The first-order valence-corrected chi connectivity index (χ1v) is 6.76. The Balaban J connectivity index is 0.000000754. The van der Waals surface area contributed by atoms with Crippen molar-refractivity contribution in [1.29, 1.82) is 0 Å². The van der Waals surface area contributed by atoms with Crippen LogP contribution in [0.4, 0.5) is 0 Å². The first-order valence-electron chi connectivity index (χ1n) is 6.76. The summed E-state index contributed by atoms with van der Waals surface area (Å²) in [6.07, 6.45) is 0.670. The summed E-state index contributed by atoms with van der Waals surface area (Å²) >= 11 is 0. The van der Waals surface area contributed by atoms with E-state index in [0.717, 1.165) is 5.56 Å². The smallest absolute Gasteiger partial charge is 0.414 e. The van der Waals surface area contributed by atoms with Crippen molar-refractivity contribution in [2.24, 2.45) is 0 Å². The average molecular weight is 343 g/mol. The molecule has 24 heavy (non-hydrogen) atoms. The molecule has 0 spiro atoms. The molecule has 0 aliphatic heterocycles. The van der Waals surface area contributed by atoms with Gasteiger partial charge in [-0.15, -0.1) is 0 Å². The van der Waals surface area contributed by atoms with Gasteiger partial charge in [-0.2, -0.15) is 0 Å². The van der Waals surface area contributed by atoms with Crippen LogP contribution in [-0.2, 0) is 20.8 Å². The quantitative estimate of drug-likeness (QED) is 0.638. The van der Waals surface area contributed by atoms with Crippen LogP contribution in [0.3, 0.4) is 0 Å². The minimum absolute atomic E-state index is 0.0468. The predicted molar refractivity (Wildman–Crippen MR) is 83.8 cm³/mol. The highest BCUT2D eigenvalue weighted by atomic mass is 16.5. The van der Waals surface area contributed by atoms with Crippen molar-refractivity contribution in [3.8, 4) is 17.2 Å². The second-order valence-electron chi connectivity index (χ2n) is 4.34. The molecule has 1 amide bonds. The van der Waals surface area contributed by atoms with E-state index in [1.807, 2.05) is 12.1 Å². The van der Waals surface area contributed by atoms with Crippen molar-refractivity contribution in [3.05, 3.63) is 17.7 Å². The van der Waals surface area contributed by atoms with Crippen LogP contribution in [0.5, 0.6) is 17.2 Å². The lowest BCUT2D eigenvalue weighted by Gasteiger charge is -2.15. The van der Waals surface area contributed by atoms with Gasteiger partial charge in [0.1, 0.15) is 0 Å². The SMILES string of the molecule is COc1ccc(CCNC(C)=O)c(OC)c1OC.O=C(O)C(=O)O. The molecule has 0 aromatic heterocycles. The molecule has 0 bridgehead atoms. The molecule has 0 heterocycles. The van der Waals surface area contributed by atoms with Crippen LogP contribution in [0, 0.1) is 0 Å². The highest BCUT2D eigenvalue weighted by Gasteiger charge is 2.15. The molecule has 0 saturated carbocycles. The number of carbonyl (C=O) groups excluding carboxylic acids is 1. The van der Waals surface area contributed by atoms with Crippen LogP contribution in [0.15, 0.2) is 12.1 Å². The highest BCUT2D eigenvalue weighted by Crippen LogP contribution is 2.39. The lowest BCUT2D eigenvalue weighted by Crippen LogP contribution is -2.22. The van der Waals surface area contributed by atoms with E-state index in [-0.39, 0.29) is 5.91 Å². The standard InChI is InChI=1S/C13H19NO4.C2H2O4/c1-9(15)14-8-7-10-5-6-11(16-2)13(18-4)12(10)17-3;3-1(4)2(5)6/h5-6H,7-8H2,1-4H3,(H,14,15);(H,3,4)(H,5,6). The Morgan fingerprint density at radius 3 is 1.88 bits per heavy atom. The minimum atomic E-state index is -1.82. The summed E-state index contributed by atoms with van der Waals surface area (Å²) < 4.78 is 15.8. The first kappa shape index (κ1) is 21.0. The molecule has 9 heteroatoms. The molecule has 0 aliphatic rings. The van der Waals surface area contributed by atoms with E-state index in [2.05, 4.69) is 5.32 Å². The number of carbonyl (C=O) groups is 3. The van der Waals surface area contributed by atoms with E-state index in [9.17, 15) is 4.79 Å². The lowest BCUT2D eigenvalue weighted by atomic mass is 10.1. The van der Waals surface area contributed by atoms with E-state index >= 15 is 0 Å². The van der Waals surface area contributed by atoms with E-state index in [1.165, 1.54) is 6.92 Å². The molecule has 0 radical (unpaired) electrons. The molecule has 0 unspecified atom stereocenters. The van der Waals surface area contributed by atoms with Gasteiger partial charge < -0.3 is 29.7 Å². The Hall–Kier alpha value is -2.97. The summed E-state index contributed by atoms with van der Waals surface area (Å²) in [7, 11) is 4.73. The summed E-state index contributed by atoms with van der Waals surface area (Å²) in [5.74, 6) is -1.86. The number of amides is 1. The molecule has 3 N–H and O–H groups in total. The highest BCUT2D eigenvalue weighted by molar-refractivity contribution is 6.27. The maximum Gasteiger partial charge on any atom is 0.414 e. The van der Waals surface area contributed by atoms with Crippen LogP contribution < -0.4 is 19.5 Å². The number of aliphatic carboxylic acids is 2. The van der Waals surface area contributed by atoms with Crippen molar-refractivity contribution >= 4 is 17.8 Å². The average Bonchev–Trinajstić information content (AvgIpc) is 2.54. The number of hydrogen-bond donors (Lipinski definition) is 3. The van der Waals surface area contributed by atoms with E-state index in [0.29, 0.717) is 30.2 Å². The Morgan fingerprint density at radius 2 is 1.50 bits per heavy atom. The number of hydrogen-bond acceptors (Lipinski definition) is 6. The summed E-state index contributed by atoms with van der Waals surface area (Å²) in [6.45, 7) is 2.05. The van der Waals surface area contributed by atoms with Crippen LogP contribution >= 0.6 is 0 Å². The molecule has 9 nitrogen and oxygen atoms in total. The Morgan fingerprint density at radius 1 is 0.958 bits per heavy atom. The topological polar surface area (TPSA) is 131 Å². The second-order valence-corrected chi connectivity index (χ2v) is 4.34. The first-order chi connectivity index (χ1) is 11.3. The van der Waals surface area contributed by atoms with Crippen molar-refractivity contribution in [2.75, 3.05) is 27.9 Å². The third-order valence-corrected chi connectivity index (χ3v) is 2.74. The number of benzene rings is 1. The monoisotopic (exact) mass is 343 g/mol. The van der Waals surface area contributed by atoms with Crippen molar-refractivity contribution in [1.82, 2.24) is 5.32 Å². The Kier molecular flexibility index (Phi) is 9.38. The molecule has 0 atom stereocenters. The van der Waals surface area contributed by atoms with Crippen LogP contribution in [0.2, 0.25) is 0 Å². The predicted octanol–water partition coefficient (Wildman–Crippen LogP) is 0.547. The van der Waals surface area contributed by atoms with Gasteiger partial charge in [-0.1, -0.05) is 6.07 Å². The summed E-state index contributed by atoms with van der Waals surface area (Å²) in [5, 5.41) is 17.5. The van der Waals surface area contributed by atoms with Gasteiger partial charge in [0, 0.05) is 19.0 Å². The van der Waals surface area contributed by atoms with Gasteiger partial charge in [0.25, 0.3) is 0 Å². The Labute approximate surface area is 139 Å². The number of nitrogens with one attached hydrogen (secondary N) is 1. The molecule has 1 aromatic carbocycles. The molecule has 0 saturated heterocycles. The zero-order chi connectivity index (χ0) is 18.7. The molecule has 1 aromatic rings. The van der Waals surface area contributed by atoms with Gasteiger partial charge in [0.2, 0.25) is 11.7 Å². The number of carboxylic acid groups (broad SMARTS) is 2.